The SMILES string of the molecule is CCCCCCCCCCCCOc1ccc(OC(=O)c2ccc(C(=O)Oc3cccc(OC(=O)c4ccc(C(=O)Oc5ccc(OCCCCCCCCCCCC)cc5)cc4)c3[N+](=O)[O-])cc2)cc1. The van der Waals surface area contributed by atoms with Crippen molar-refractivity contribution in [2.75, 3.05) is 13.2 Å². The predicted octanol–water partition coefficient (Wildman–Crippen LogP) is 15.1. The van der Waals surface area contributed by atoms with Crippen LogP contribution >= 0.6 is 0 Å². The third-order valence-electron chi connectivity index (χ3n) is 11.9. The number of nitro groups is 1. The Hall–Kier alpha value is -7.02. The number of unbranched alkanes of at least 4 members (excludes halogenated alkanes) is 18. The highest BCUT2D eigenvalue weighted by Crippen LogP contribution is 2.37. The smallest absolute Gasteiger partial charge is 0.353 e. The van der Waals surface area contributed by atoms with Gasteiger partial charge in [-0.15, -0.1) is 0 Å². The highest BCUT2D eigenvalue weighted by Gasteiger charge is 2.27. The number of ether oxygens (including phenoxy) is 6. The normalized spacial score (nSPS) is 10.8. The van der Waals surface area contributed by atoms with Crippen molar-refractivity contribution in [1.29, 1.82) is 0 Å². The van der Waals surface area contributed by atoms with Gasteiger partial charge in [-0.2, -0.15) is 0 Å². The Morgan fingerprint density at radius 3 is 0.930 bits per heavy atom. The topological polar surface area (TPSA) is 167 Å². The van der Waals surface area contributed by atoms with E-state index in [9.17, 15) is 29.3 Å². The van der Waals surface area contributed by atoms with E-state index >= 15 is 0 Å². The quantitative estimate of drug-likeness (QED) is 0.0128. The van der Waals surface area contributed by atoms with Crippen molar-refractivity contribution in [3.63, 3.8) is 0 Å². The second kappa shape index (κ2) is 31.3. The molecular weight excluding hydrogens is 903 g/mol. The summed E-state index contributed by atoms with van der Waals surface area (Å²) in [7, 11) is 0. The molecule has 0 aliphatic rings. The number of carbonyl (C=O) groups is 4. The zero-order valence-electron chi connectivity index (χ0n) is 41.4. The van der Waals surface area contributed by atoms with Crippen LogP contribution in [0.5, 0.6) is 34.5 Å². The second-order valence-corrected chi connectivity index (χ2v) is 17.6. The molecule has 13 heteroatoms. The fourth-order valence-corrected chi connectivity index (χ4v) is 7.75. The molecule has 13 nitrogen and oxygen atoms in total. The predicted molar refractivity (Wildman–Crippen MR) is 273 cm³/mol. The van der Waals surface area contributed by atoms with E-state index in [1.165, 1.54) is 169 Å². The van der Waals surface area contributed by atoms with E-state index in [0.29, 0.717) is 36.2 Å². The van der Waals surface area contributed by atoms with Gasteiger partial charge >= 0.3 is 29.6 Å². The first kappa shape index (κ1) is 54.9. The lowest BCUT2D eigenvalue weighted by molar-refractivity contribution is -0.386. The molecule has 0 atom stereocenters. The van der Waals surface area contributed by atoms with E-state index < -0.39 is 46.0 Å². The molecule has 71 heavy (non-hydrogen) atoms. The van der Waals surface area contributed by atoms with E-state index in [1.807, 2.05) is 0 Å². The molecule has 0 heterocycles. The maximum Gasteiger partial charge on any atom is 0.353 e. The van der Waals surface area contributed by atoms with Gasteiger partial charge in [-0.25, -0.2) is 19.2 Å². The third kappa shape index (κ3) is 19.7. The molecular formula is C58H69NO12. The van der Waals surface area contributed by atoms with Crippen LogP contribution in [0, 0.1) is 10.1 Å². The number of nitrogens with zero attached hydrogens (tertiary/aromatic N) is 1. The van der Waals surface area contributed by atoms with E-state index in [1.54, 1.807) is 48.5 Å². The van der Waals surface area contributed by atoms with Gasteiger partial charge in [-0.05, 0) is 122 Å². The van der Waals surface area contributed by atoms with E-state index in [0.717, 1.165) is 25.7 Å². The number of hydrogen-bond donors (Lipinski definition) is 0. The molecule has 0 fully saturated rings. The van der Waals surface area contributed by atoms with Crippen molar-refractivity contribution in [2.45, 2.75) is 142 Å². The summed E-state index contributed by atoms with van der Waals surface area (Å²) in [6.45, 7) is 5.69. The van der Waals surface area contributed by atoms with Gasteiger partial charge < -0.3 is 28.4 Å². The zero-order valence-corrected chi connectivity index (χ0v) is 41.4. The number of esters is 4. The molecule has 5 rings (SSSR count). The van der Waals surface area contributed by atoms with Crippen molar-refractivity contribution < 1.29 is 52.5 Å². The van der Waals surface area contributed by atoms with Crippen LogP contribution < -0.4 is 28.4 Å². The van der Waals surface area contributed by atoms with Crippen LogP contribution in [0.3, 0.4) is 0 Å². The van der Waals surface area contributed by atoms with Gasteiger partial charge in [0.05, 0.1) is 40.4 Å². The van der Waals surface area contributed by atoms with Crippen molar-refractivity contribution in [2.24, 2.45) is 0 Å². The number of carbonyl (C=O) groups excluding carboxylic acids is 4. The number of rotatable bonds is 33. The lowest BCUT2D eigenvalue weighted by Crippen LogP contribution is -2.14. The van der Waals surface area contributed by atoms with Gasteiger partial charge in [0.25, 0.3) is 0 Å². The molecule has 0 spiro atoms. The fourth-order valence-electron chi connectivity index (χ4n) is 7.75. The summed E-state index contributed by atoms with van der Waals surface area (Å²) < 4.78 is 33.5. The molecule has 0 aromatic heterocycles. The first-order valence-corrected chi connectivity index (χ1v) is 25.5. The highest BCUT2D eigenvalue weighted by molar-refractivity contribution is 5.96. The van der Waals surface area contributed by atoms with Crippen LogP contribution in [-0.2, 0) is 0 Å². The van der Waals surface area contributed by atoms with Crippen molar-refractivity contribution in [1.82, 2.24) is 0 Å². The molecule has 0 unspecified atom stereocenters. The molecule has 0 aliphatic heterocycles. The molecule has 0 radical (unpaired) electrons. The number of nitro benzene ring substituents is 1. The van der Waals surface area contributed by atoms with Gasteiger partial charge in [0.15, 0.2) is 0 Å². The zero-order chi connectivity index (χ0) is 50.5. The maximum absolute atomic E-state index is 13.1. The first-order valence-electron chi connectivity index (χ1n) is 25.5. The van der Waals surface area contributed by atoms with Crippen LogP contribution in [0.1, 0.15) is 184 Å². The minimum absolute atomic E-state index is 0.0124. The number of hydrogen-bond acceptors (Lipinski definition) is 12. The summed E-state index contributed by atoms with van der Waals surface area (Å²) in [5.41, 5.74) is -0.487. The molecule has 378 valence electrons. The van der Waals surface area contributed by atoms with Crippen LogP contribution in [0.15, 0.2) is 115 Å². The van der Waals surface area contributed by atoms with Gasteiger partial charge in [0.1, 0.15) is 23.0 Å². The van der Waals surface area contributed by atoms with Crippen LogP contribution in [-0.4, -0.2) is 42.0 Å². The monoisotopic (exact) mass is 971 g/mol. The fraction of sp³-hybridized carbons (Fsp3) is 0.414. The number of benzene rings is 5. The van der Waals surface area contributed by atoms with Crippen LogP contribution in [0.25, 0.3) is 0 Å². The van der Waals surface area contributed by atoms with Gasteiger partial charge in [0, 0.05) is 0 Å². The maximum atomic E-state index is 13.1. The Labute approximate surface area is 418 Å². The highest BCUT2D eigenvalue weighted by atomic mass is 16.6. The summed E-state index contributed by atoms with van der Waals surface area (Å²) in [5.74, 6) is -2.22. The third-order valence-corrected chi connectivity index (χ3v) is 11.9. The molecule has 5 aromatic carbocycles. The molecule has 0 aliphatic carbocycles. The summed E-state index contributed by atoms with van der Waals surface area (Å²) >= 11 is 0. The van der Waals surface area contributed by atoms with Crippen LogP contribution in [0.4, 0.5) is 5.69 Å². The Kier molecular flexibility index (Phi) is 24.2. The van der Waals surface area contributed by atoms with Crippen LogP contribution in [0.2, 0.25) is 0 Å². The Morgan fingerprint density at radius 2 is 0.634 bits per heavy atom. The second-order valence-electron chi connectivity index (χ2n) is 17.6. The molecule has 0 N–H and O–H groups in total. The molecule has 0 amide bonds. The lowest BCUT2D eigenvalue weighted by Gasteiger charge is -2.10. The van der Waals surface area contributed by atoms with Gasteiger partial charge in [-0.3, -0.25) is 10.1 Å². The molecule has 0 saturated heterocycles. The minimum Gasteiger partial charge on any atom is -0.494 e. The first-order chi connectivity index (χ1) is 34.6. The average Bonchev–Trinajstić information content (AvgIpc) is 3.38. The summed E-state index contributed by atoms with van der Waals surface area (Å²) in [6, 6.07) is 28.0. The number of para-hydroxylation sites is 1. The Morgan fingerprint density at radius 1 is 0.366 bits per heavy atom. The summed E-state index contributed by atoms with van der Waals surface area (Å²) in [4.78, 5) is 63.5. The summed E-state index contributed by atoms with van der Waals surface area (Å²) in [6.07, 6.45) is 24.9. The largest absolute Gasteiger partial charge is 0.494 e. The molecule has 0 saturated carbocycles. The van der Waals surface area contributed by atoms with Crippen molar-refractivity contribution in [3.8, 4) is 34.5 Å². The van der Waals surface area contributed by atoms with E-state index in [-0.39, 0.29) is 22.3 Å². The standard InChI is InChI=1S/C58H69NO12/c1-3-5-7-9-11-13-15-17-19-21-42-66-48-34-38-50(39-35-48)68-55(60)44-26-30-46(31-27-44)57(62)70-52-24-23-25-53(54(52)59(64)65)71-58(63)47-32-28-45(29-33-47)56(61)69-51-40-36-49(37-41-51)67-43-22-20-18-16-14-12-10-8-6-4-2/h23-41H,3-22,42-43H2,1-2H3. The lowest BCUT2D eigenvalue weighted by atomic mass is 10.1. The molecule has 0 bridgehead atoms. The minimum atomic E-state index is -0.962. The Bertz CT molecular complexity index is 2240. The average molecular weight is 972 g/mol. The molecule has 5 aromatic rings. The van der Waals surface area contributed by atoms with Crippen molar-refractivity contribution >= 4 is 29.6 Å². The van der Waals surface area contributed by atoms with Crippen molar-refractivity contribution in [3.05, 3.63) is 148 Å². The Balaban J connectivity index is 1.03. The van der Waals surface area contributed by atoms with E-state index in [2.05, 4.69) is 13.8 Å². The summed E-state index contributed by atoms with van der Waals surface area (Å²) in [5, 5.41) is 12.2. The van der Waals surface area contributed by atoms with Gasteiger partial charge in [0.2, 0.25) is 11.5 Å². The van der Waals surface area contributed by atoms with Gasteiger partial charge in [-0.1, -0.05) is 135 Å². The van der Waals surface area contributed by atoms with E-state index in [4.69, 9.17) is 28.4 Å².